The van der Waals surface area contributed by atoms with E-state index >= 15 is 0 Å². The van der Waals surface area contributed by atoms with E-state index < -0.39 is 12.6 Å². The standard InChI is InChI=1S/C19H23F3N2/c1-14-6-7-17(16-5-3-2-4-15(14)16)18(8-9-19(20,21)22)24-12-10-23-11-13-24/h2-7,18,23H,8-13H2,1H3/t18-/m1/s1. The Kier molecular flexibility index (Phi) is 5.11. The second-order valence-electron chi connectivity index (χ2n) is 6.47. The van der Waals surface area contributed by atoms with Gasteiger partial charge in [0.15, 0.2) is 0 Å². The van der Waals surface area contributed by atoms with Crippen molar-refractivity contribution in [2.45, 2.75) is 32.0 Å². The minimum Gasteiger partial charge on any atom is -0.314 e. The number of benzene rings is 2. The van der Waals surface area contributed by atoms with Crippen molar-refractivity contribution in [1.29, 1.82) is 0 Å². The highest BCUT2D eigenvalue weighted by atomic mass is 19.4. The first-order chi connectivity index (χ1) is 11.5. The molecule has 1 fully saturated rings. The molecule has 2 aromatic carbocycles. The monoisotopic (exact) mass is 336 g/mol. The van der Waals surface area contributed by atoms with Gasteiger partial charge in [0.25, 0.3) is 0 Å². The molecule has 0 unspecified atom stereocenters. The highest BCUT2D eigenvalue weighted by Crippen LogP contribution is 2.36. The van der Waals surface area contributed by atoms with E-state index in [0.717, 1.165) is 48.1 Å². The fourth-order valence-electron chi connectivity index (χ4n) is 3.59. The summed E-state index contributed by atoms with van der Waals surface area (Å²) < 4.78 is 38.5. The summed E-state index contributed by atoms with van der Waals surface area (Å²) in [7, 11) is 0. The number of rotatable bonds is 4. The number of alkyl halides is 3. The molecule has 2 aromatic rings. The number of nitrogens with one attached hydrogen (secondary N) is 1. The zero-order valence-electron chi connectivity index (χ0n) is 13.9. The second-order valence-corrected chi connectivity index (χ2v) is 6.47. The lowest BCUT2D eigenvalue weighted by Crippen LogP contribution is -2.45. The Balaban J connectivity index is 1.99. The lowest BCUT2D eigenvalue weighted by atomic mass is 9.92. The number of fused-ring (bicyclic) bond motifs is 1. The summed E-state index contributed by atoms with van der Waals surface area (Å²) in [5, 5.41) is 5.48. The van der Waals surface area contributed by atoms with Crippen LogP contribution in [0, 0.1) is 6.92 Å². The molecule has 0 amide bonds. The van der Waals surface area contributed by atoms with Crippen LogP contribution in [0.15, 0.2) is 36.4 Å². The third-order valence-corrected chi connectivity index (χ3v) is 4.83. The van der Waals surface area contributed by atoms with Crippen LogP contribution >= 0.6 is 0 Å². The van der Waals surface area contributed by atoms with Crippen LogP contribution in [0.3, 0.4) is 0 Å². The summed E-state index contributed by atoms with van der Waals surface area (Å²) in [5.41, 5.74) is 2.17. The van der Waals surface area contributed by atoms with Gasteiger partial charge in [0.1, 0.15) is 0 Å². The molecule has 0 radical (unpaired) electrons. The van der Waals surface area contributed by atoms with E-state index in [1.807, 2.05) is 43.3 Å². The van der Waals surface area contributed by atoms with E-state index in [4.69, 9.17) is 0 Å². The predicted molar refractivity (Wildman–Crippen MR) is 91.2 cm³/mol. The van der Waals surface area contributed by atoms with Gasteiger partial charge in [-0.25, -0.2) is 0 Å². The molecule has 3 rings (SSSR count). The van der Waals surface area contributed by atoms with Crippen molar-refractivity contribution in [3.05, 3.63) is 47.5 Å². The van der Waals surface area contributed by atoms with Gasteiger partial charge in [-0.2, -0.15) is 13.2 Å². The summed E-state index contributed by atoms with van der Waals surface area (Å²) in [6.07, 6.45) is -4.76. The van der Waals surface area contributed by atoms with Crippen LogP contribution < -0.4 is 5.32 Å². The maximum Gasteiger partial charge on any atom is 0.389 e. The Morgan fingerprint density at radius 2 is 1.71 bits per heavy atom. The lowest BCUT2D eigenvalue weighted by molar-refractivity contribution is -0.138. The Morgan fingerprint density at radius 3 is 2.38 bits per heavy atom. The summed E-state index contributed by atoms with van der Waals surface area (Å²) in [6.45, 7) is 5.26. The fourth-order valence-corrected chi connectivity index (χ4v) is 3.59. The van der Waals surface area contributed by atoms with Crippen molar-refractivity contribution >= 4 is 10.8 Å². The normalized spacial score (nSPS) is 18.0. The van der Waals surface area contributed by atoms with Crippen molar-refractivity contribution < 1.29 is 13.2 Å². The van der Waals surface area contributed by atoms with E-state index in [1.54, 1.807) is 0 Å². The summed E-state index contributed by atoms with van der Waals surface area (Å²) >= 11 is 0. The van der Waals surface area contributed by atoms with Crippen LogP contribution in [0.1, 0.15) is 30.0 Å². The minimum absolute atomic E-state index is 0.108. The molecule has 1 saturated heterocycles. The zero-order chi connectivity index (χ0) is 17.2. The Morgan fingerprint density at radius 1 is 1.04 bits per heavy atom. The second kappa shape index (κ2) is 7.11. The van der Waals surface area contributed by atoms with Crippen LogP contribution in [-0.2, 0) is 0 Å². The number of hydrogen-bond acceptors (Lipinski definition) is 2. The number of hydrogen-bond donors (Lipinski definition) is 1. The molecule has 1 atom stereocenters. The zero-order valence-corrected chi connectivity index (χ0v) is 13.9. The SMILES string of the molecule is Cc1ccc([C@@H](CCC(F)(F)F)N2CCNCC2)c2ccccc12. The van der Waals surface area contributed by atoms with Crippen LogP contribution in [0.25, 0.3) is 10.8 Å². The third kappa shape index (κ3) is 3.90. The molecule has 0 aromatic heterocycles. The summed E-state index contributed by atoms with van der Waals surface area (Å²) in [6, 6.07) is 11.9. The smallest absolute Gasteiger partial charge is 0.314 e. The minimum atomic E-state index is -4.12. The van der Waals surface area contributed by atoms with Crippen LogP contribution in [-0.4, -0.2) is 37.3 Å². The van der Waals surface area contributed by atoms with Gasteiger partial charge in [0.2, 0.25) is 0 Å². The van der Waals surface area contributed by atoms with Gasteiger partial charge in [-0.15, -0.1) is 0 Å². The van der Waals surface area contributed by atoms with Gasteiger partial charge in [0.05, 0.1) is 0 Å². The topological polar surface area (TPSA) is 15.3 Å². The fraction of sp³-hybridized carbons (Fsp3) is 0.474. The number of halogens is 3. The third-order valence-electron chi connectivity index (χ3n) is 4.83. The Hall–Kier alpha value is -1.59. The average molecular weight is 336 g/mol. The molecule has 1 N–H and O–H groups in total. The van der Waals surface area contributed by atoms with E-state index in [1.165, 1.54) is 0 Å². The average Bonchev–Trinajstić information content (AvgIpc) is 2.57. The molecule has 1 aliphatic rings. The first-order valence-electron chi connectivity index (χ1n) is 8.45. The Labute approximate surface area is 140 Å². The summed E-state index contributed by atoms with van der Waals surface area (Å²) in [5.74, 6) is 0. The molecule has 24 heavy (non-hydrogen) atoms. The van der Waals surface area contributed by atoms with Gasteiger partial charge in [-0.3, -0.25) is 4.90 Å². The van der Waals surface area contributed by atoms with Crippen molar-refractivity contribution in [1.82, 2.24) is 10.2 Å². The summed E-state index contributed by atoms with van der Waals surface area (Å²) in [4.78, 5) is 2.19. The van der Waals surface area contributed by atoms with E-state index in [9.17, 15) is 13.2 Å². The van der Waals surface area contributed by atoms with Crippen LogP contribution in [0.4, 0.5) is 13.2 Å². The van der Waals surface area contributed by atoms with E-state index in [-0.39, 0.29) is 12.5 Å². The van der Waals surface area contributed by atoms with Gasteiger partial charge >= 0.3 is 6.18 Å². The first kappa shape index (κ1) is 17.2. The van der Waals surface area contributed by atoms with Gasteiger partial charge in [0, 0.05) is 38.6 Å². The quantitative estimate of drug-likeness (QED) is 0.888. The molecule has 0 aliphatic carbocycles. The van der Waals surface area contributed by atoms with Crippen molar-refractivity contribution in [3.8, 4) is 0 Å². The Bertz CT molecular complexity index is 691. The van der Waals surface area contributed by atoms with Crippen molar-refractivity contribution in [3.63, 3.8) is 0 Å². The van der Waals surface area contributed by atoms with Crippen LogP contribution in [0.5, 0.6) is 0 Å². The number of nitrogens with zero attached hydrogens (tertiary/aromatic N) is 1. The van der Waals surface area contributed by atoms with E-state index in [2.05, 4.69) is 10.2 Å². The predicted octanol–water partition coefficient (Wildman–Crippen LogP) is 4.44. The molecular weight excluding hydrogens is 313 g/mol. The molecule has 5 heteroatoms. The molecule has 0 saturated carbocycles. The maximum absolute atomic E-state index is 12.8. The van der Waals surface area contributed by atoms with Gasteiger partial charge in [-0.05, 0) is 35.2 Å². The van der Waals surface area contributed by atoms with Crippen molar-refractivity contribution in [2.75, 3.05) is 26.2 Å². The lowest BCUT2D eigenvalue weighted by Gasteiger charge is -2.36. The van der Waals surface area contributed by atoms with E-state index in [0.29, 0.717) is 0 Å². The number of aryl methyl sites for hydroxylation is 1. The highest BCUT2D eigenvalue weighted by molar-refractivity contribution is 5.88. The van der Waals surface area contributed by atoms with Gasteiger partial charge in [-0.1, -0.05) is 36.4 Å². The van der Waals surface area contributed by atoms with Crippen molar-refractivity contribution in [2.24, 2.45) is 0 Å². The molecule has 1 aliphatic heterocycles. The van der Waals surface area contributed by atoms with Gasteiger partial charge < -0.3 is 5.32 Å². The molecular formula is C19H23F3N2. The molecule has 1 heterocycles. The van der Waals surface area contributed by atoms with Crippen LogP contribution in [0.2, 0.25) is 0 Å². The highest BCUT2D eigenvalue weighted by Gasteiger charge is 2.31. The molecule has 0 spiro atoms. The first-order valence-corrected chi connectivity index (χ1v) is 8.45. The maximum atomic E-state index is 12.8. The molecule has 2 nitrogen and oxygen atoms in total. The number of piperazine rings is 1. The molecule has 130 valence electrons. The largest absolute Gasteiger partial charge is 0.389 e. The molecule has 0 bridgehead atoms.